The van der Waals surface area contributed by atoms with Gasteiger partial charge in [0.25, 0.3) is 0 Å². The molecular formula is C25H29NO2. The Kier molecular flexibility index (Phi) is 5.85. The summed E-state index contributed by atoms with van der Waals surface area (Å²) in [6.45, 7) is 11.1. The second-order valence-electron chi connectivity index (χ2n) is 8.28. The lowest BCUT2D eigenvalue weighted by Gasteiger charge is -2.21. The Morgan fingerprint density at radius 3 is 2.29 bits per heavy atom. The van der Waals surface area contributed by atoms with Crippen molar-refractivity contribution in [3.63, 3.8) is 0 Å². The summed E-state index contributed by atoms with van der Waals surface area (Å²) in [4.78, 5) is 4.74. The standard InChI is InChI=1S/C25H29NO2/c1-17-13-20(25(3,4)5)11-12-21(17)23-14-24(22(15-27)18(2)26-23)28-16-19-9-7-6-8-10-19/h6-14,27H,15-16H2,1-5H3. The molecule has 0 aliphatic carbocycles. The average Bonchev–Trinajstić information content (AvgIpc) is 2.66. The fourth-order valence-corrected chi connectivity index (χ4v) is 3.28. The molecule has 0 amide bonds. The van der Waals surface area contributed by atoms with Crippen LogP contribution >= 0.6 is 0 Å². The smallest absolute Gasteiger partial charge is 0.129 e. The maximum Gasteiger partial charge on any atom is 0.129 e. The number of aromatic nitrogens is 1. The van der Waals surface area contributed by atoms with E-state index in [9.17, 15) is 5.11 Å². The fraction of sp³-hybridized carbons (Fsp3) is 0.320. The molecule has 0 atom stereocenters. The van der Waals surface area contributed by atoms with Crippen LogP contribution < -0.4 is 4.74 Å². The van der Waals surface area contributed by atoms with Crippen LogP contribution in [-0.4, -0.2) is 10.1 Å². The lowest BCUT2D eigenvalue weighted by atomic mass is 9.85. The van der Waals surface area contributed by atoms with Gasteiger partial charge in [0.2, 0.25) is 0 Å². The Morgan fingerprint density at radius 1 is 0.964 bits per heavy atom. The average molecular weight is 376 g/mol. The van der Waals surface area contributed by atoms with Gasteiger partial charge in [0.05, 0.1) is 12.3 Å². The van der Waals surface area contributed by atoms with Gasteiger partial charge in [-0.25, -0.2) is 0 Å². The minimum Gasteiger partial charge on any atom is -0.488 e. The van der Waals surface area contributed by atoms with E-state index in [4.69, 9.17) is 9.72 Å². The first-order valence-electron chi connectivity index (χ1n) is 9.69. The Balaban J connectivity index is 1.97. The van der Waals surface area contributed by atoms with E-state index < -0.39 is 0 Å². The van der Waals surface area contributed by atoms with Gasteiger partial charge in [0.15, 0.2) is 0 Å². The highest BCUT2D eigenvalue weighted by atomic mass is 16.5. The third-order valence-electron chi connectivity index (χ3n) is 5.05. The normalized spacial score (nSPS) is 11.5. The zero-order valence-corrected chi connectivity index (χ0v) is 17.4. The van der Waals surface area contributed by atoms with E-state index >= 15 is 0 Å². The third-order valence-corrected chi connectivity index (χ3v) is 5.05. The zero-order chi connectivity index (χ0) is 20.3. The number of nitrogens with zero attached hydrogens (tertiary/aromatic N) is 1. The van der Waals surface area contributed by atoms with Gasteiger partial charge >= 0.3 is 0 Å². The second-order valence-corrected chi connectivity index (χ2v) is 8.28. The summed E-state index contributed by atoms with van der Waals surface area (Å²) < 4.78 is 6.07. The van der Waals surface area contributed by atoms with E-state index in [1.807, 2.05) is 43.3 Å². The Bertz CT molecular complexity index is 956. The Hall–Kier alpha value is -2.65. The molecule has 0 saturated heterocycles. The predicted octanol–water partition coefficient (Wildman–Crippen LogP) is 5.73. The van der Waals surface area contributed by atoms with Crippen LogP contribution in [0, 0.1) is 13.8 Å². The summed E-state index contributed by atoms with van der Waals surface area (Å²) in [7, 11) is 0. The van der Waals surface area contributed by atoms with E-state index in [1.54, 1.807) is 0 Å². The van der Waals surface area contributed by atoms with Crippen molar-refractivity contribution in [1.82, 2.24) is 4.98 Å². The number of benzene rings is 2. The maximum absolute atomic E-state index is 9.82. The van der Waals surface area contributed by atoms with Gasteiger partial charge in [-0.15, -0.1) is 0 Å². The van der Waals surface area contributed by atoms with Gasteiger partial charge < -0.3 is 9.84 Å². The van der Waals surface area contributed by atoms with Crippen molar-refractivity contribution in [2.45, 2.75) is 53.2 Å². The largest absolute Gasteiger partial charge is 0.488 e. The third kappa shape index (κ3) is 4.42. The molecule has 0 bridgehead atoms. The van der Waals surface area contributed by atoms with Crippen LogP contribution in [-0.2, 0) is 18.6 Å². The number of aliphatic hydroxyl groups excluding tert-OH is 1. The van der Waals surface area contributed by atoms with Crippen molar-refractivity contribution in [2.75, 3.05) is 0 Å². The molecule has 28 heavy (non-hydrogen) atoms. The van der Waals surface area contributed by atoms with E-state index in [1.165, 1.54) is 11.1 Å². The molecule has 0 spiro atoms. The van der Waals surface area contributed by atoms with Crippen LogP contribution in [0.3, 0.4) is 0 Å². The first-order chi connectivity index (χ1) is 13.3. The van der Waals surface area contributed by atoms with Gasteiger partial charge in [0.1, 0.15) is 12.4 Å². The zero-order valence-electron chi connectivity index (χ0n) is 17.4. The number of aryl methyl sites for hydroxylation is 2. The first-order valence-corrected chi connectivity index (χ1v) is 9.69. The number of hydrogen-bond donors (Lipinski definition) is 1. The maximum atomic E-state index is 9.82. The van der Waals surface area contributed by atoms with Crippen molar-refractivity contribution in [1.29, 1.82) is 0 Å². The van der Waals surface area contributed by atoms with Crippen LogP contribution in [0.2, 0.25) is 0 Å². The van der Waals surface area contributed by atoms with E-state index in [2.05, 4.69) is 45.9 Å². The van der Waals surface area contributed by atoms with E-state index in [0.717, 1.165) is 28.1 Å². The summed E-state index contributed by atoms with van der Waals surface area (Å²) in [6, 6.07) is 18.5. The molecule has 0 fully saturated rings. The molecule has 3 rings (SSSR count). The van der Waals surface area contributed by atoms with E-state index in [-0.39, 0.29) is 12.0 Å². The molecule has 1 N–H and O–H groups in total. The second kappa shape index (κ2) is 8.15. The minimum absolute atomic E-state index is 0.0921. The summed E-state index contributed by atoms with van der Waals surface area (Å²) in [5.41, 5.74) is 7.18. The van der Waals surface area contributed by atoms with Crippen molar-refractivity contribution < 1.29 is 9.84 Å². The van der Waals surface area contributed by atoms with Crippen LogP contribution in [0.15, 0.2) is 54.6 Å². The first kappa shape index (κ1) is 20.1. The van der Waals surface area contributed by atoms with Gasteiger partial charge in [-0.2, -0.15) is 0 Å². The van der Waals surface area contributed by atoms with Crippen LogP contribution in [0.4, 0.5) is 0 Å². The van der Waals surface area contributed by atoms with Crippen molar-refractivity contribution in [2.24, 2.45) is 0 Å². The predicted molar refractivity (Wildman–Crippen MR) is 115 cm³/mol. The molecule has 1 heterocycles. The topological polar surface area (TPSA) is 42.4 Å². The Morgan fingerprint density at radius 2 is 1.68 bits per heavy atom. The van der Waals surface area contributed by atoms with Crippen LogP contribution in [0.1, 0.15) is 48.7 Å². The SMILES string of the molecule is Cc1cc(C(C)(C)C)ccc1-c1cc(OCc2ccccc2)c(CO)c(C)n1. The van der Waals surface area contributed by atoms with Gasteiger partial charge in [-0.1, -0.05) is 69.3 Å². The molecule has 0 aliphatic heterocycles. The number of hydrogen-bond acceptors (Lipinski definition) is 3. The molecule has 146 valence electrons. The lowest BCUT2D eigenvalue weighted by Crippen LogP contribution is -2.11. The summed E-state index contributed by atoms with van der Waals surface area (Å²) in [5.74, 6) is 0.688. The summed E-state index contributed by atoms with van der Waals surface area (Å²) in [5, 5.41) is 9.82. The van der Waals surface area contributed by atoms with Crippen molar-refractivity contribution in [3.8, 4) is 17.0 Å². The summed E-state index contributed by atoms with van der Waals surface area (Å²) >= 11 is 0. The number of rotatable bonds is 5. The summed E-state index contributed by atoms with van der Waals surface area (Å²) in [6.07, 6.45) is 0. The van der Waals surface area contributed by atoms with Gasteiger partial charge in [0, 0.05) is 22.9 Å². The van der Waals surface area contributed by atoms with Gasteiger partial charge in [-0.3, -0.25) is 4.98 Å². The quantitative estimate of drug-likeness (QED) is 0.619. The number of ether oxygens (including phenoxy) is 1. The molecule has 1 aromatic heterocycles. The molecule has 2 aromatic carbocycles. The minimum atomic E-state index is -0.0921. The Labute approximate surface area is 168 Å². The van der Waals surface area contributed by atoms with Crippen LogP contribution in [0.5, 0.6) is 5.75 Å². The van der Waals surface area contributed by atoms with Crippen molar-refractivity contribution in [3.05, 3.63) is 82.5 Å². The molecule has 3 heteroatoms. The number of pyridine rings is 1. The van der Waals surface area contributed by atoms with Gasteiger partial charge in [-0.05, 0) is 36.0 Å². The molecule has 0 radical (unpaired) electrons. The molecule has 0 unspecified atom stereocenters. The molecule has 3 nitrogen and oxygen atoms in total. The molecule has 0 aliphatic rings. The van der Waals surface area contributed by atoms with Crippen molar-refractivity contribution >= 4 is 0 Å². The fourth-order valence-electron chi connectivity index (χ4n) is 3.28. The van der Waals surface area contributed by atoms with Crippen LogP contribution in [0.25, 0.3) is 11.3 Å². The van der Waals surface area contributed by atoms with E-state index in [0.29, 0.717) is 12.4 Å². The molecule has 3 aromatic rings. The highest BCUT2D eigenvalue weighted by Crippen LogP contribution is 2.32. The monoisotopic (exact) mass is 375 g/mol. The highest BCUT2D eigenvalue weighted by molar-refractivity contribution is 5.66. The lowest BCUT2D eigenvalue weighted by molar-refractivity contribution is 0.257. The highest BCUT2D eigenvalue weighted by Gasteiger charge is 2.17. The molecule has 0 saturated carbocycles. The molecular weight excluding hydrogens is 346 g/mol. The number of aliphatic hydroxyl groups is 1.